The first-order valence-electron chi connectivity index (χ1n) is 8.76. The Labute approximate surface area is 171 Å². The molecular formula is C18H12ClF3N8. The van der Waals surface area contributed by atoms with Crippen LogP contribution in [0.3, 0.4) is 0 Å². The van der Waals surface area contributed by atoms with Crippen molar-refractivity contribution in [3.63, 3.8) is 0 Å². The number of benzene rings is 1. The molecule has 0 bridgehead atoms. The summed E-state index contributed by atoms with van der Waals surface area (Å²) in [5.74, 6) is 0.271. The van der Waals surface area contributed by atoms with Crippen LogP contribution in [0.5, 0.6) is 0 Å². The highest BCUT2D eigenvalue weighted by atomic mass is 35.5. The van der Waals surface area contributed by atoms with Gasteiger partial charge >= 0.3 is 6.18 Å². The van der Waals surface area contributed by atoms with E-state index in [2.05, 4.69) is 25.3 Å². The molecule has 0 N–H and O–H groups in total. The number of para-hydroxylation sites is 1. The van der Waals surface area contributed by atoms with Crippen LogP contribution in [0.15, 0.2) is 42.9 Å². The predicted molar refractivity (Wildman–Crippen MR) is 101 cm³/mol. The molecule has 5 aromatic rings. The normalized spacial score (nSPS) is 12.3. The Kier molecular flexibility index (Phi) is 4.03. The van der Waals surface area contributed by atoms with Gasteiger partial charge in [0.2, 0.25) is 0 Å². The van der Waals surface area contributed by atoms with E-state index in [9.17, 15) is 13.2 Å². The SMILES string of the molecule is Cc1c(Cl)c(C(F)(F)F)nn1Cc1nc2c3cnn(-c4ccccc4)c3ncn2n1. The van der Waals surface area contributed by atoms with Crippen molar-refractivity contribution in [1.82, 2.24) is 39.1 Å². The zero-order chi connectivity index (χ0) is 21.0. The van der Waals surface area contributed by atoms with Crippen LogP contribution in [0.1, 0.15) is 17.2 Å². The molecule has 0 aliphatic heterocycles. The lowest BCUT2D eigenvalue weighted by atomic mass is 10.3. The number of hydrogen-bond acceptors (Lipinski definition) is 5. The largest absolute Gasteiger partial charge is 0.436 e. The maximum absolute atomic E-state index is 13.1. The monoisotopic (exact) mass is 432 g/mol. The zero-order valence-electron chi connectivity index (χ0n) is 15.3. The number of nitrogens with zero attached hydrogens (tertiary/aromatic N) is 8. The molecule has 30 heavy (non-hydrogen) atoms. The van der Waals surface area contributed by atoms with Crippen molar-refractivity contribution in [3.05, 3.63) is 65.1 Å². The van der Waals surface area contributed by atoms with E-state index in [1.165, 1.54) is 17.8 Å². The summed E-state index contributed by atoms with van der Waals surface area (Å²) < 4.78 is 43.4. The van der Waals surface area contributed by atoms with Crippen molar-refractivity contribution in [2.75, 3.05) is 0 Å². The zero-order valence-corrected chi connectivity index (χ0v) is 16.1. The van der Waals surface area contributed by atoms with E-state index in [-0.39, 0.29) is 18.1 Å². The molecule has 4 aromatic heterocycles. The molecule has 0 radical (unpaired) electrons. The third-order valence-corrected chi connectivity index (χ3v) is 5.10. The van der Waals surface area contributed by atoms with Crippen molar-refractivity contribution in [1.29, 1.82) is 0 Å². The van der Waals surface area contributed by atoms with Gasteiger partial charge in [-0.15, -0.1) is 5.10 Å². The summed E-state index contributed by atoms with van der Waals surface area (Å²) in [5.41, 5.74) is 0.974. The quantitative estimate of drug-likeness (QED) is 0.434. The van der Waals surface area contributed by atoms with E-state index in [0.29, 0.717) is 16.7 Å². The van der Waals surface area contributed by atoms with Gasteiger partial charge in [-0.25, -0.2) is 19.2 Å². The summed E-state index contributed by atoms with van der Waals surface area (Å²) >= 11 is 5.81. The van der Waals surface area contributed by atoms with Gasteiger partial charge in [0.05, 0.1) is 28.0 Å². The van der Waals surface area contributed by atoms with E-state index in [1.807, 2.05) is 30.3 Å². The summed E-state index contributed by atoms with van der Waals surface area (Å²) in [6.07, 6.45) is -1.53. The van der Waals surface area contributed by atoms with E-state index < -0.39 is 16.9 Å². The predicted octanol–water partition coefficient (Wildman–Crippen LogP) is 3.69. The molecule has 0 atom stereocenters. The maximum atomic E-state index is 13.1. The van der Waals surface area contributed by atoms with Gasteiger partial charge in [0.25, 0.3) is 0 Å². The molecular weight excluding hydrogens is 421 g/mol. The fourth-order valence-corrected chi connectivity index (χ4v) is 3.43. The fraction of sp³-hybridized carbons (Fsp3) is 0.167. The molecule has 0 fully saturated rings. The van der Waals surface area contributed by atoms with Crippen LogP contribution in [0.25, 0.3) is 22.4 Å². The highest BCUT2D eigenvalue weighted by Gasteiger charge is 2.38. The van der Waals surface area contributed by atoms with Crippen molar-refractivity contribution < 1.29 is 13.2 Å². The van der Waals surface area contributed by atoms with Gasteiger partial charge in [-0.05, 0) is 19.1 Å². The average molecular weight is 433 g/mol. The van der Waals surface area contributed by atoms with E-state index in [0.717, 1.165) is 10.4 Å². The molecule has 1 aromatic carbocycles. The summed E-state index contributed by atoms with van der Waals surface area (Å²) in [6, 6.07) is 9.48. The number of rotatable bonds is 3. The van der Waals surface area contributed by atoms with Gasteiger partial charge in [-0.3, -0.25) is 4.68 Å². The minimum absolute atomic E-state index is 0.0718. The summed E-state index contributed by atoms with van der Waals surface area (Å²) in [4.78, 5) is 8.86. The average Bonchev–Trinajstić information content (AvgIpc) is 3.39. The van der Waals surface area contributed by atoms with Gasteiger partial charge in [0.1, 0.15) is 12.9 Å². The van der Waals surface area contributed by atoms with Crippen molar-refractivity contribution in [2.24, 2.45) is 0 Å². The number of hydrogen-bond donors (Lipinski definition) is 0. The second-order valence-corrected chi connectivity index (χ2v) is 6.95. The van der Waals surface area contributed by atoms with Crippen LogP contribution in [-0.2, 0) is 12.7 Å². The smallest absolute Gasteiger partial charge is 0.260 e. The molecule has 8 nitrogen and oxygen atoms in total. The first-order chi connectivity index (χ1) is 14.3. The lowest BCUT2D eigenvalue weighted by molar-refractivity contribution is -0.141. The minimum atomic E-state index is -4.64. The molecule has 0 aliphatic carbocycles. The first kappa shape index (κ1) is 18.6. The molecule has 5 rings (SSSR count). The Morgan fingerprint density at radius 2 is 1.83 bits per heavy atom. The first-order valence-corrected chi connectivity index (χ1v) is 9.14. The minimum Gasteiger partial charge on any atom is -0.260 e. The molecule has 0 aliphatic rings. The molecule has 0 spiro atoms. The Bertz CT molecular complexity index is 1380. The second-order valence-electron chi connectivity index (χ2n) is 6.57. The molecule has 0 saturated heterocycles. The third-order valence-electron chi connectivity index (χ3n) is 4.64. The summed E-state index contributed by atoms with van der Waals surface area (Å²) in [6.45, 7) is 1.39. The van der Waals surface area contributed by atoms with Gasteiger partial charge in [0.15, 0.2) is 22.8 Å². The highest BCUT2D eigenvalue weighted by molar-refractivity contribution is 6.31. The standard InChI is InChI=1S/C18H12ClF3N8/c1-10-14(19)15(18(20,21)22)27-28(10)8-13-25-17-12-7-24-30(11-5-3-2-4-6-11)16(12)23-9-29(17)26-13/h2-7,9H,8H2,1H3. The number of halogens is 4. The topological polar surface area (TPSA) is 78.7 Å². The summed E-state index contributed by atoms with van der Waals surface area (Å²) in [5, 5.41) is 12.5. The van der Waals surface area contributed by atoms with Gasteiger partial charge in [-0.2, -0.15) is 23.4 Å². The fourth-order valence-electron chi connectivity index (χ4n) is 3.18. The summed E-state index contributed by atoms with van der Waals surface area (Å²) in [7, 11) is 0. The van der Waals surface area contributed by atoms with Crippen LogP contribution >= 0.6 is 11.6 Å². The molecule has 0 amide bonds. The van der Waals surface area contributed by atoms with Crippen molar-refractivity contribution in [3.8, 4) is 5.69 Å². The lowest BCUT2D eigenvalue weighted by Crippen LogP contribution is -2.10. The van der Waals surface area contributed by atoms with Crippen LogP contribution < -0.4 is 0 Å². The van der Waals surface area contributed by atoms with Crippen LogP contribution in [0.4, 0.5) is 13.2 Å². The van der Waals surface area contributed by atoms with Gasteiger partial charge in [-0.1, -0.05) is 29.8 Å². The molecule has 152 valence electrons. The molecule has 4 heterocycles. The van der Waals surface area contributed by atoms with Gasteiger partial charge in [0, 0.05) is 0 Å². The van der Waals surface area contributed by atoms with Crippen LogP contribution in [0, 0.1) is 6.92 Å². The van der Waals surface area contributed by atoms with Gasteiger partial charge < -0.3 is 0 Å². The number of fused-ring (bicyclic) bond motifs is 3. The Morgan fingerprint density at radius 3 is 2.53 bits per heavy atom. The molecule has 12 heteroatoms. The number of alkyl halides is 3. The second kappa shape index (κ2) is 6.52. The molecule has 0 saturated carbocycles. The number of aromatic nitrogens is 8. The maximum Gasteiger partial charge on any atom is 0.436 e. The van der Waals surface area contributed by atoms with Crippen molar-refractivity contribution in [2.45, 2.75) is 19.6 Å². The van der Waals surface area contributed by atoms with Crippen molar-refractivity contribution >= 4 is 28.3 Å². The van der Waals surface area contributed by atoms with E-state index in [1.54, 1.807) is 10.9 Å². The third kappa shape index (κ3) is 2.89. The highest BCUT2D eigenvalue weighted by Crippen LogP contribution is 2.35. The lowest BCUT2D eigenvalue weighted by Gasteiger charge is -2.01. The van der Waals surface area contributed by atoms with Crippen LogP contribution in [0.2, 0.25) is 5.02 Å². The Balaban J connectivity index is 1.56. The van der Waals surface area contributed by atoms with E-state index in [4.69, 9.17) is 11.6 Å². The molecule has 0 unspecified atom stereocenters. The van der Waals surface area contributed by atoms with E-state index >= 15 is 0 Å². The Morgan fingerprint density at radius 1 is 1.07 bits per heavy atom. The Hall–Kier alpha value is -3.47. The van der Waals surface area contributed by atoms with Crippen LogP contribution in [-0.4, -0.2) is 39.1 Å².